The van der Waals surface area contributed by atoms with Crippen LogP contribution in [0.15, 0.2) is 28.8 Å². The largest absolute Gasteiger partial charge is 0.497 e. The van der Waals surface area contributed by atoms with Gasteiger partial charge in [0.2, 0.25) is 11.8 Å². The molecule has 2 aromatic rings. The minimum atomic E-state index is -0.352. The van der Waals surface area contributed by atoms with Crippen LogP contribution >= 0.6 is 0 Å². The Bertz CT molecular complexity index is 903. The van der Waals surface area contributed by atoms with E-state index in [0.29, 0.717) is 30.3 Å². The van der Waals surface area contributed by atoms with Crippen LogP contribution in [0.1, 0.15) is 26.5 Å². The van der Waals surface area contributed by atoms with Crippen molar-refractivity contribution in [2.24, 2.45) is 0 Å². The maximum atomic E-state index is 12.8. The molecule has 1 aromatic carbocycles. The number of nitrogens with one attached hydrogen (secondary N) is 1. The number of urea groups is 1. The number of carbonyl (C=O) groups is 2. The van der Waals surface area contributed by atoms with E-state index in [2.05, 4.69) is 10.5 Å². The summed E-state index contributed by atoms with van der Waals surface area (Å²) in [4.78, 5) is 28.3. The van der Waals surface area contributed by atoms with E-state index in [4.69, 9.17) is 14.0 Å². The Labute approximate surface area is 169 Å². The molecule has 0 atom stereocenters. The highest BCUT2D eigenvalue weighted by Gasteiger charge is 2.33. The molecule has 1 aliphatic heterocycles. The first-order chi connectivity index (χ1) is 13.7. The summed E-state index contributed by atoms with van der Waals surface area (Å²) in [6, 6.07) is 6.66. The van der Waals surface area contributed by atoms with Gasteiger partial charge in [-0.3, -0.25) is 15.0 Å². The zero-order valence-electron chi connectivity index (χ0n) is 17.3. The van der Waals surface area contributed by atoms with Crippen molar-refractivity contribution in [3.63, 3.8) is 0 Å². The average Bonchev–Trinajstić information content (AvgIpc) is 3.28. The minimum absolute atomic E-state index is 0.0901. The first-order valence-corrected chi connectivity index (χ1v) is 9.28. The van der Waals surface area contributed by atoms with E-state index in [1.54, 1.807) is 43.4 Å². The summed E-state index contributed by atoms with van der Waals surface area (Å²) >= 11 is 0. The Kier molecular flexibility index (Phi) is 5.67. The average molecular weight is 402 g/mol. The van der Waals surface area contributed by atoms with Gasteiger partial charge >= 0.3 is 6.03 Å². The number of nitrogens with zero attached hydrogens (tertiary/aromatic N) is 3. The lowest BCUT2D eigenvalue weighted by molar-refractivity contribution is -0.116. The molecule has 29 heavy (non-hydrogen) atoms. The molecule has 3 rings (SSSR count). The number of hydrogen-bond donors (Lipinski definition) is 1. The van der Waals surface area contributed by atoms with Crippen molar-refractivity contribution in [3.05, 3.63) is 30.0 Å². The second-order valence-electron chi connectivity index (χ2n) is 7.77. The van der Waals surface area contributed by atoms with Gasteiger partial charge in [0.05, 0.1) is 25.6 Å². The van der Waals surface area contributed by atoms with E-state index in [9.17, 15) is 9.59 Å². The molecule has 0 bridgehead atoms. The fraction of sp³-hybridized carbons (Fsp3) is 0.450. The predicted molar refractivity (Wildman–Crippen MR) is 108 cm³/mol. The van der Waals surface area contributed by atoms with Gasteiger partial charge in [-0.15, -0.1) is 0 Å². The van der Waals surface area contributed by atoms with Crippen molar-refractivity contribution in [1.82, 2.24) is 10.1 Å². The van der Waals surface area contributed by atoms with Crippen LogP contribution < -0.4 is 19.7 Å². The molecule has 9 heteroatoms. The molecule has 1 aromatic heterocycles. The Morgan fingerprint density at radius 1 is 1.21 bits per heavy atom. The smallest absolute Gasteiger partial charge is 0.325 e. The molecule has 9 nitrogen and oxygen atoms in total. The van der Waals surface area contributed by atoms with Crippen molar-refractivity contribution < 1.29 is 23.6 Å². The van der Waals surface area contributed by atoms with Crippen LogP contribution in [-0.2, 0) is 10.2 Å². The van der Waals surface area contributed by atoms with Gasteiger partial charge in [0.25, 0.3) is 0 Å². The van der Waals surface area contributed by atoms with Crippen LogP contribution in [0.2, 0.25) is 0 Å². The number of carbonyl (C=O) groups excluding carboxylic acids is 2. The Balaban J connectivity index is 1.66. The number of methoxy groups -OCH3 is 2. The number of aromatic nitrogens is 1. The molecule has 0 unspecified atom stereocenters. The molecule has 1 fully saturated rings. The zero-order valence-corrected chi connectivity index (χ0v) is 17.3. The maximum Gasteiger partial charge on any atom is 0.325 e. The molecule has 1 saturated heterocycles. The van der Waals surface area contributed by atoms with E-state index < -0.39 is 0 Å². The van der Waals surface area contributed by atoms with Gasteiger partial charge < -0.3 is 18.9 Å². The third-order valence-electron chi connectivity index (χ3n) is 4.65. The fourth-order valence-electron chi connectivity index (χ4n) is 3.00. The molecule has 0 aliphatic carbocycles. The van der Waals surface area contributed by atoms with Gasteiger partial charge in [0.15, 0.2) is 0 Å². The summed E-state index contributed by atoms with van der Waals surface area (Å²) in [5.74, 6) is 1.08. The third kappa shape index (κ3) is 4.44. The van der Waals surface area contributed by atoms with Crippen LogP contribution in [0.5, 0.6) is 11.5 Å². The minimum Gasteiger partial charge on any atom is -0.497 e. The number of benzene rings is 1. The Hall–Kier alpha value is -3.23. The maximum absolute atomic E-state index is 12.8. The molecule has 1 N–H and O–H groups in total. The van der Waals surface area contributed by atoms with Crippen LogP contribution in [0.4, 0.5) is 16.4 Å². The normalized spacial score (nSPS) is 14.3. The highest BCUT2D eigenvalue weighted by Crippen LogP contribution is 2.34. The lowest BCUT2D eigenvalue weighted by Crippen LogP contribution is -2.37. The summed E-state index contributed by atoms with van der Waals surface area (Å²) in [6.45, 7) is 6.76. The standard InChI is InChI=1S/C20H26N4O5/c1-20(2,3)16-11-18(29-22-16)21-17(25)12-23-8-9-24(19(23)26)14-10-13(27-4)6-7-15(14)28-5/h6-7,10-11H,8-9,12H2,1-5H3,(H,21,25). The monoisotopic (exact) mass is 402 g/mol. The molecular formula is C20H26N4O5. The molecule has 1 aliphatic rings. The van der Waals surface area contributed by atoms with E-state index in [1.165, 1.54) is 4.90 Å². The van der Waals surface area contributed by atoms with Gasteiger partial charge in [-0.1, -0.05) is 25.9 Å². The van der Waals surface area contributed by atoms with Crippen molar-refractivity contribution in [2.45, 2.75) is 26.2 Å². The Morgan fingerprint density at radius 3 is 2.59 bits per heavy atom. The van der Waals surface area contributed by atoms with Gasteiger partial charge in [-0.2, -0.15) is 0 Å². The molecule has 2 heterocycles. The fourth-order valence-corrected chi connectivity index (χ4v) is 3.00. The van der Waals surface area contributed by atoms with E-state index >= 15 is 0 Å². The molecule has 156 valence electrons. The van der Waals surface area contributed by atoms with E-state index in [-0.39, 0.29) is 29.8 Å². The van der Waals surface area contributed by atoms with Crippen LogP contribution in [-0.4, -0.2) is 55.8 Å². The van der Waals surface area contributed by atoms with Crippen molar-refractivity contribution in [3.8, 4) is 11.5 Å². The Morgan fingerprint density at radius 2 is 1.97 bits per heavy atom. The van der Waals surface area contributed by atoms with Gasteiger partial charge in [0.1, 0.15) is 18.0 Å². The number of rotatable bonds is 6. The number of anilines is 2. The highest BCUT2D eigenvalue weighted by molar-refractivity contribution is 6.00. The first kappa shape index (κ1) is 20.5. The molecule has 0 spiro atoms. The van der Waals surface area contributed by atoms with Crippen molar-refractivity contribution >= 4 is 23.5 Å². The molecular weight excluding hydrogens is 376 g/mol. The summed E-state index contributed by atoms with van der Waals surface area (Å²) in [7, 11) is 3.10. The zero-order chi connectivity index (χ0) is 21.2. The lowest BCUT2D eigenvalue weighted by Gasteiger charge is -2.20. The third-order valence-corrected chi connectivity index (χ3v) is 4.65. The molecule has 3 amide bonds. The van der Waals surface area contributed by atoms with Crippen molar-refractivity contribution in [1.29, 1.82) is 0 Å². The van der Waals surface area contributed by atoms with Crippen LogP contribution in [0, 0.1) is 0 Å². The number of hydrogen-bond acceptors (Lipinski definition) is 6. The molecule has 0 radical (unpaired) electrons. The van der Waals surface area contributed by atoms with Crippen molar-refractivity contribution in [2.75, 3.05) is 44.1 Å². The summed E-state index contributed by atoms with van der Waals surface area (Å²) < 4.78 is 15.8. The number of amides is 3. The quantitative estimate of drug-likeness (QED) is 0.798. The highest BCUT2D eigenvalue weighted by atomic mass is 16.5. The van der Waals surface area contributed by atoms with Gasteiger partial charge in [0, 0.05) is 30.6 Å². The predicted octanol–water partition coefficient (Wildman–Crippen LogP) is 2.87. The lowest BCUT2D eigenvalue weighted by atomic mass is 9.92. The van der Waals surface area contributed by atoms with Crippen LogP contribution in [0.3, 0.4) is 0 Å². The van der Waals surface area contributed by atoms with E-state index in [0.717, 1.165) is 5.69 Å². The summed E-state index contributed by atoms with van der Waals surface area (Å²) in [5, 5.41) is 6.62. The molecule has 0 saturated carbocycles. The summed E-state index contributed by atoms with van der Waals surface area (Å²) in [6.07, 6.45) is 0. The first-order valence-electron chi connectivity index (χ1n) is 9.28. The SMILES string of the molecule is COc1ccc(OC)c(N2CCN(CC(=O)Nc3cc(C(C)(C)C)no3)C2=O)c1. The second-order valence-corrected chi connectivity index (χ2v) is 7.77. The topological polar surface area (TPSA) is 97.1 Å². The second kappa shape index (κ2) is 8.02. The number of ether oxygens (including phenoxy) is 2. The summed E-state index contributed by atoms with van der Waals surface area (Å²) in [5.41, 5.74) is 1.15. The van der Waals surface area contributed by atoms with E-state index in [1.807, 2.05) is 20.8 Å². The van der Waals surface area contributed by atoms with Crippen LogP contribution in [0.25, 0.3) is 0 Å². The van der Waals surface area contributed by atoms with Gasteiger partial charge in [-0.05, 0) is 12.1 Å². The van der Waals surface area contributed by atoms with Gasteiger partial charge in [-0.25, -0.2) is 4.79 Å².